The fourth-order valence-corrected chi connectivity index (χ4v) is 4.39. The quantitative estimate of drug-likeness (QED) is 0.385. The first-order chi connectivity index (χ1) is 16.6. The predicted octanol–water partition coefficient (Wildman–Crippen LogP) is 4.50. The lowest BCUT2D eigenvalue weighted by molar-refractivity contribution is -0.116. The van der Waals surface area contributed by atoms with E-state index < -0.39 is 0 Å². The van der Waals surface area contributed by atoms with Gasteiger partial charge in [0.15, 0.2) is 5.82 Å². The van der Waals surface area contributed by atoms with Gasteiger partial charge < -0.3 is 15.2 Å². The van der Waals surface area contributed by atoms with Gasteiger partial charge in [-0.25, -0.2) is 0 Å². The molecular weight excluding hydrogens is 426 g/mol. The van der Waals surface area contributed by atoms with Gasteiger partial charge in [-0.05, 0) is 37.0 Å². The molecule has 0 saturated heterocycles. The minimum absolute atomic E-state index is 0.0610. The lowest BCUT2D eigenvalue weighted by Crippen LogP contribution is -2.26. The van der Waals surface area contributed by atoms with Crippen LogP contribution < -0.4 is 10.6 Å². The van der Waals surface area contributed by atoms with Gasteiger partial charge in [-0.15, -0.1) is 0 Å². The second-order valence-corrected chi connectivity index (χ2v) is 8.62. The molecule has 0 radical (unpaired) electrons. The Morgan fingerprint density at radius 2 is 1.82 bits per heavy atom. The van der Waals surface area contributed by atoms with Gasteiger partial charge >= 0.3 is 0 Å². The summed E-state index contributed by atoms with van der Waals surface area (Å²) in [5.74, 6) is 0.395. The van der Waals surface area contributed by atoms with Crippen molar-refractivity contribution in [2.45, 2.75) is 38.8 Å². The third-order valence-electron chi connectivity index (χ3n) is 6.27. The van der Waals surface area contributed by atoms with Gasteiger partial charge in [0, 0.05) is 24.7 Å². The first kappa shape index (κ1) is 21.7. The molecule has 4 aromatic rings. The van der Waals surface area contributed by atoms with E-state index in [9.17, 15) is 9.59 Å². The Hall–Kier alpha value is -4.13. The van der Waals surface area contributed by atoms with Gasteiger partial charge in [-0.3, -0.25) is 14.7 Å². The first-order valence-corrected chi connectivity index (χ1v) is 11.6. The Balaban J connectivity index is 1.27. The van der Waals surface area contributed by atoms with Crippen LogP contribution in [-0.4, -0.2) is 26.6 Å². The molecule has 1 unspecified atom stereocenters. The van der Waals surface area contributed by atoms with Gasteiger partial charge in [0.25, 0.3) is 5.91 Å². The Labute approximate surface area is 198 Å². The van der Waals surface area contributed by atoms with Crippen LogP contribution in [0.25, 0.3) is 11.4 Å². The molecule has 7 nitrogen and oxygen atoms in total. The zero-order valence-electron chi connectivity index (χ0n) is 19.0. The number of nitrogens with zero attached hydrogens (tertiary/aromatic N) is 2. The van der Waals surface area contributed by atoms with Gasteiger partial charge in [-0.1, -0.05) is 60.7 Å². The average molecular weight is 454 g/mol. The van der Waals surface area contributed by atoms with Crippen LogP contribution in [0.5, 0.6) is 0 Å². The molecule has 3 heterocycles. The van der Waals surface area contributed by atoms with Crippen molar-refractivity contribution in [2.75, 3.05) is 5.32 Å². The summed E-state index contributed by atoms with van der Waals surface area (Å²) in [6.07, 6.45) is 3.68. The molecule has 1 aliphatic heterocycles. The number of hydrogen-bond acceptors (Lipinski definition) is 3. The van der Waals surface area contributed by atoms with Crippen LogP contribution in [0.2, 0.25) is 0 Å². The second-order valence-electron chi connectivity index (χ2n) is 8.62. The molecule has 7 heteroatoms. The zero-order chi connectivity index (χ0) is 23.5. The van der Waals surface area contributed by atoms with Crippen molar-refractivity contribution >= 4 is 17.6 Å². The summed E-state index contributed by atoms with van der Waals surface area (Å²) in [6, 6.07) is 21.6. The van der Waals surface area contributed by atoms with Crippen molar-refractivity contribution in [1.29, 1.82) is 0 Å². The third kappa shape index (κ3) is 4.50. The Morgan fingerprint density at radius 1 is 1.09 bits per heavy atom. The van der Waals surface area contributed by atoms with E-state index in [1.54, 1.807) is 0 Å². The number of rotatable bonds is 7. The van der Waals surface area contributed by atoms with Crippen LogP contribution in [0.1, 0.15) is 46.4 Å². The van der Waals surface area contributed by atoms with E-state index in [-0.39, 0.29) is 17.9 Å². The van der Waals surface area contributed by atoms with E-state index in [0.717, 1.165) is 41.0 Å². The summed E-state index contributed by atoms with van der Waals surface area (Å²) in [5, 5.41) is 13.5. The van der Waals surface area contributed by atoms with Gasteiger partial charge in [0.1, 0.15) is 0 Å². The topological polar surface area (TPSA) is 91.8 Å². The predicted molar refractivity (Wildman–Crippen MR) is 131 cm³/mol. The molecule has 5 rings (SSSR count). The Bertz CT molecular complexity index is 1310. The van der Waals surface area contributed by atoms with Crippen molar-refractivity contribution in [3.05, 3.63) is 95.2 Å². The molecule has 2 amide bonds. The van der Waals surface area contributed by atoms with E-state index in [2.05, 4.69) is 25.4 Å². The van der Waals surface area contributed by atoms with E-state index in [4.69, 9.17) is 0 Å². The number of amides is 2. The summed E-state index contributed by atoms with van der Waals surface area (Å²) in [6.45, 7) is 2.69. The number of aromatic nitrogens is 3. The molecule has 172 valence electrons. The smallest absolute Gasteiger partial charge is 0.253 e. The molecule has 1 aliphatic rings. The summed E-state index contributed by atoms with van der Waals surface area (Å²) in [7, 11) is 0. The molecule has 0 bridgehead atoms. The number of carbonyl (C=O) groups is 2. The maximum absolute atomic E-state index is 12.9. The molecule has 0 fully saturated rings. The highest BCUT2D eigenvalue weighted by Gasteiger charge is 2.25. The SMILES string of the molecule is CC(NC(=O)c1cc2n(c1)CCc1c(NC(=O)CCc3ccccc3)n[nH]c1-2)c1ccccc1. The summed E-state index contributed by atoms with van der Waals surface area (Å²) in [4.78, 5) is 25.4. The molecule has 0 spiro atoms. The monoisotopic (exact) mass is 453 g/mol. The molecule has 2 aromatic carbocycles. The summed E-state index contributed by atoms with van der Waals surface area (Å²) in [5.41, 5.74) is 5.52. The summed E-state index contributed by atoms with van der Waals surface area (Å²) >= 11 is 0. The van der Waals surface area contributed by atoms with Crippen molar-refractivity contribution < 1.29 is 9.59 Å². The van der Waals surface area contributed by atoms with Crippen LogP contribution in [0.3, 0.4) is 0 Å². The summed E-state index contributed by atoms with van der Waals surface area (Å²) < 4.78 is 2.06. The third-order valence-corrected chi connectivity index (χ3v) is 6.27. The number of H-pyrrole nitrogens is 1. The standard InChI is InChI=1S/C27H27N5O2/c1-18(20-10-6-3-7-11-20)28-27(34)21-16-23-25-22(14-15-32(23)17-21)26(31-30-25)29-24(33)13-12-19-8-4-2-5-9-19/h2-11,16-18H,12-15H2,1H3,(H,28,34)(H2,29,30,31,33). The maximum atomic E-state index is 12.9. The van der Waals surface area contributed by atoms with Crippen molar-refractivity contribution in [2.24, 2.45) is 0 Å². The van der Waals surface area contributed by atoms with Crippen molar-refractivity contribution in [3.63, 3.8) is 0 Å². The van der Waals surface area contributed by atoms with Crippen LogP contribution in [0.15, 0.2) is 72.9 Å². The van der Waals surface area contributed by atoms with Gasteiger partial charge in [0.05, 0.1) is 23.0 Å². The Kier molecular flexibility index (Phi) is 5.99. The number of fused-ring (bicyclic) bond motifs is 3. The lowest BCUT2D eigenvalue weighted by Gasteiger charge is -2.16. The van der Waals surface area contributed by atoms with Crippen molar-refractivity contribution in [1.82, 2.24) is 20.1 Å². The molecule has 0 saturated carbocycles. The fraction of sp³-hybridized carbons (Fsp3) is 0.222. The van der Waals surface area contributed by atoms with E-state index >= 15 is 0 Å². The van der Waals surface area contributed by atoms with E-state index in [1.165, 1.54) is 0 Å². The highest BCUT2D eigenvalue weighted by molar-refractivity contribution is 5.96. The van der Waals surface area contributed by atoms with Gasteiger partial charge in [-0.2, -0.15) is 5.10 Å². The normalized spacial score (nSPS) is 13.0. The largest absolute Gasteiger partial charge is 0.345 e. The van der Waals surface area contributed by atoms with Crippen LogP contribution in [-0.2, 0) is 24.2 Å². The lowest BCUT2D eigenvalue weighted by atomic mass is 10.1. The molecular formula is C27H27N5O2. The molecule has 3 N–H and O–H groups in total. The number of anilines is 1. The van der Waals surface area contributed by atoms with Crippen LogP contribution in [0.4, 0.5) is 5.82 Å². The zero-order valence-corrected chi connectivity index (χ0v) is 19.0. The fourth-order valence-electron chi connectivity index (χ4n) is 4.39. The van der Waals surface area contributed by atoms with Crippen LogP contribution >= 0.6 is 0 Å². The number of aryl methyl sites for hydroxylation is 2. The number of carbonyl (C=O) groups excluding carboxylic acids is 2. The number of benzene rings is 2. The number of hydrogen-bond donors (Lipinski definition) is 3. The van der Waals surface area contributed by atoms with E-state index in [1.807, 2.05) is 79.9 Å². The van der Waals surface area contributed by atoms with Gasteiger partial charge in [0.2, 0.25) is 5.91 Å². The number of nitrogens with one attached hydrogen (secondary N) is 3. The second kappa shape index (κ2) is 9.39. The molecule has 1 atom stereocenters. The van der Waals surface area contributed by atoms with E-state index in [0.29, 0.717) is 24.2 Å². The highest BCUT2D eigenvalue weighted by Crippen LogP contribution is 2.33. The minimum Gasteiger partial charge on any atom is -0.345 e. The van der Waals surface area contributed by atoms with Crippen molar-refractivity contribution in [3.8, 4) is 11.4 Å². The maximum Gasteiger partial charge on any atom is 0.253 e. The van der Waals surface area contributed by atoms with Crippen LogP contribution in [0, 0.1) is 0 Å². The molecule has 0 aliphatic carbocycles. The molecule has 2 aromatic heterocycles. The number of aromatic amines is 1. The molecule has 34 heavy (non-hydrogen) atoms. The first-order valence-electron chi connectivity index (χ1n) is 11.6. The highest BCUT2D eigenvalue weighted by atomic mass is 16.2. The minimum atomic E-state index is -0.117. The average Bonchev–Trinajstić information content (AvgIpc) is 3.48. The Morgan fingerprint density at radius 3 is 2.59 bits per heavy atom.